The first-order valence-corrected chi connectivity index (χ1v) is 6.74. The molecule has 2 amide bonds. The van der Waals surface area contributed by atoms with Crippen LogP contribution in [-0.2, 0) is 18.4 Å². The SMILES string of the molecule is Cn1cc(CNC(=O)NCC2(C(=O)O)CCCC2)cn1. The highest BCUT2D eigenvalue weighted by molar-refractivity contribution is 5.78. The molecular formula is C13H20N4O3. The van der Waals surface area contributed by atoms with Crippen LogP contribution in [0, 0.1) is 5.41 Å². The minimum absolute atomic E-state index is 0.182. The molecule has 0 spiro atoms. The summed E-state index contributed by atoms with van der Waals surface area (Å²) in [5.41, 5.74) is 0.113. The molecule has 1 aliphatic carbocycles. The van der Waals surface area contributed by atoms with Gasteiger partial charge in [-0.3, -0.25) is 9.48 Å². The Morgan fingerprint density at radius 1 is 1.40 bits per heavy atom. The van der Waals surface area contributed by atoms with E-state index >= 15 is 0 Å². The van der Waals surface area contributed by atoms with Crippen LogP contribution in [0.1, 0.15) is 31.2 Å². The molecule has 0 atom stereocenters. The molecule has 7 heteroatoms. The van der Waals surface area contributed by atoms with Crippen LogP contribution < -0.4 is 10.6 Å². The smallest absolute Gasteiger partial charge is 0.315 e. The van der Waals surface area contributed by atoms with Gasteiger partial charge in [-0.1, -0.05) is 12.8 Å². The van der Waals surface area contributed by atoms with Gasteiger partial charge in [-0.05, 0) is 12.8 Å². The van der Waals surface area contributed by atoms with Crippen LogP contribution in [0.5, 0.6) is 0 Å². The van der Waals surface area contributed by atoms with E-state index in [0.717, 1.165) is 18.4 Å². The predicted octanol–water partition coefficient (Wildman–Crippen LogP) is 0.864. The summed E-state index contributed by atoms with van der Waals surface area (Å²) in [5, 5.41) is 18.7. The van der Waals surface area contributed by atoms with E-state index in [1.807, 2.05) is 6.20 Å². The van der Waals surface area contributed by atoms with Crippen LogP contribution in [0.15, 0.2) is 12.4 Å². The van der Waals surface area contributed by atoms with Crippen molar-refractivity contribution in [3.63, 3.8) is 0 Å². The standard InChI is InChI=1S/C13H20N4O3/c1-17-8-10(7-16-17)6-14-12(20)15-9-13(11(18)19)4-2-3-5-13/h7-8H,2-6,9H2,1H3,(H,18,19)(H2,14,15,20). The average molecular weight is 280 g/mol. The fraction of sp³-hybridized carbons (Fsp3) is 0.615. The lowest BCUT2D eigenvalue weighted by atomic mass is 9.86. The van der Waals surface area contributed by atoms with Crippen molar-refractivity contribution in [2.24, 2.45) is 12.5 Å². The van der Waals surface area contributed by atoms with Gasteiger partial charge in [-0.2, -0.15) is 5.10 Å². The largest absolute Gasteiger partial charge is 0.481 e. The summed E-state index contributed by atoms with van der Waals surface area (Å²) in [5.74, 6) is -0.817. The molecule has 0 aliphatic heterocycles. The molecule has 3 N–H and O–H groups in total. The number of aryl methyl sites for hydroxylation is 1. The first-order chi connectivity index (χ1) is 9.52. The van der Waals surface area contributed by atoms with E-state index in [2.05, 4.69) is 15.7 Å². The van der Waals surface area contributed by atoms with E-state index < -0.39 is 11.4 Å². The number of hydrogen-bond acceptors (Lipinski definition) is 3. The zero-order valence-electron chi connectivity index (χ0n) is 11.6. The third kappa shape index (κ3) is 3.28. The molecule has 1 heterocycles. The Bertz CT molecular complexity index is 492. The van der Waals surface area contributed by atoms with Gasteiger partial charge in [0.2, 0.25) is 0 Å². The number of rotatable bonds is 5. The summed E-state index contributed by atoms with van der Waals surface area (Å²) in [6.45, 7) is 0.556. The number of carboxylic acids is 1. The van der Waals surface area contributed by atoms with Crippen molar-refractivity contribution in [1.82, 2.24) is 20.4 Å². The van der Waals surface area contributed by atoms with E-state index in [0.29, 0.717) is 19.4 Å². The van der Waals surface area contributed by atoms with Crippen molar-refractivity contribution in [3.8, 4) is 0 Å². The maximum Gasteiger partial charge on any atom is 0.315 e. The van der Waals surface area contributed by atoms with E-state index in [4.69, 9.17) is 0 Å². The second-order valence-electron chi connectivity index (χ2n) is 5.35. The molecule has 0 unspecified atom stereocenters. The number of carbonyl (C=O) groups is 2. The molecule has 2 rings (SSSR count). The minimum Gasteiger partial charge on any atom is -0.481 e. The van der Waals surface area contributed by atoms with Crippen LogP contribution >= 0.6 is 0 Å². The number of nitrogens with one attached hydrogen (secondary N) is 2. The zero-order chi connectivity index (χ0) is 14.6. The lowest BCUT2D eigenvalue weighted by Gasteiger charge is -2.23. The van der Waals surface area contributed by atoms with Crippen molar-refractivity contribution in [2.75, 3.05) is 6.54 Å². The number of aromatic nitrogens is 2. The second-order valence-corrected chi connectivity index (χ2v) is 5.35. The fourth-order valence-corrected chi connectivity index (χ4v) is 2.58. The van der Waals surface area contributed by atoms with Crippen LogP contribution in [0.2, 0.25) is 0 Å². The molecule has 20 heavy (non-hydrogen) atoms. The van der Waals surface area contributed by atoms with Crippen molar-refractivity contribution >= 4 is 12.0 Å². The molecule has 1 fully saturated rings. The topological polar surface area (TPSA) is 96.2 Å². The number of carbonyl (C=O) groups excluding carboxylic acids is 1. The Balaban J connectivity index is 1.78. The lowest BCUT2D eigenvalue weighted by Crippen LogP contribution is -2.44. The summed E-state index contributed by atoms with van der Waals surface area (Å²) >= 11 is 0. The van der Waals surface area contributed by atoms with Crippen molar-refractivity contribution in [2.45, 2.75) is 32.2 Å². The maximum atomic E-state index is 11.7. The molecular weight excluding hydrogens is 260 g/mol. The van der Waals surface area contributed by atoms with Gasteiger partial charge < -0.3 is 15.7 Å². The lowest BCUT2D eigenvalue weighted by molar-refractivity contribution is -0.148. The maximum absolute atomic E-state index is 11.7. The fourth-order valence-electron chi connectivity index (χ4n) is 2.58. The molecule has 0 saturated heterocycles. The van der Waals surface area contributed by atoms with Gasteiger partial charge in [-0.25, -0.2) is 4.79 Å². The van der Waals surface area contributed by atoms with Crippen LogP contribution in [0.25, 0.3) is 0 Å². The van der Waals surface area contributed by atoms with Gasteiger partial charge in [-0.15, -0.1) is 0 Å². The van der Waals surface area contributed by atoms with Crippen LogP contribution in [0.4, 0.5) is 4.79 Å². The number of nitrogens with zero attached hydrogens (tertiary/aromatic N) is 2. The first-order valence-electron chi connectivity index (χ1n) is 6.74. The summed E-state index contributed by atoms with van der Waals surface area (Å²) < 4.78 is 1.66. The molecule has 1 aromatic heterocycles. The summed E-state index contributed by atoms with van der Waals surface area (Å²) in [7, 11) is 1.81. The molecule has 1 aromatic rings. The Labute approximate surface area is 117 Å². The molecule has 1 aliphatic rings. The highest BCUT2D eigenvalue weighted by Gasteiger charge is 2.41. The monoisotopic (exact) mass is 280 g/mol. The summed E-state index contributed by atoms with van der Waals surface area (Å²) in [6.07, 6.45) is 6.57. The van der Waals surface area contributed by atoms with Crippen LogP contribution in [0.3, 0.4) is 0 Å². The number of urea groups is 1. The number of amides is 2. The van der Waals surface area contributed by atoms with Crippen LogP contribution in [-0.4, -0.2) is 33.4 Å². The van der Waals surface area contributed by atoms with Crippen molar-refractivity contribution in [1.29, 1.82) is 0 Å². The molecule has 1 saturated carbocycles. The van der Waals surface area contributed by atoms with Gasteiger partial charge in [0.1, 0.15) is 0 Å². The molecule has 110 valence electrons. The van der Waals surface area contributed by atoms with Gasteiger partial charge in [0, 0.05) is 31.9 Å². The quantitative estimate of drug-likeness (QED) is 0.745. The van der Waals surface area contributed by atoms with E-state index in [1.165, 1.54) is 0 Å². The normalized spacial score (nSPS) is 16.9. The van der Waals surface area contributed by atoms with E-state index in [9.17, 15) is 14.7 Å². The zero-order valence-corrected chi connectivity index (χ0v) is 11.6. The number of aliphatic carboxylic acids is 1. The van der Waals surface area contributed by atoms with Crippen molar-refractivity contribution < 1.29 is 14.7 Å². The van der Waals surface area contributed by atoms with Gasteiger partial charge in [0.05, 0.1) is 11.6 Å². The Morgan fingerprint density at radius 2 is 2.10 bits per heavy atom. The number of carboxylic acid groups (broad SMARTS) is 1. The molecule has 0 radical (unpaired) electrons. The van der Waals surface area contributed by atoms with E-state index in [-0.39, 0.29) is 12.6 Å². The first kappa shape index (κ1) is 14.4. The second kappa shape index (κ2) is 5.94. The Morgan fingerprint density at radius 3 is 2.65 bits per heavy atom. The van der Waals surface area contributed by atoms with Gasteiger partial charge in [0.15, 0.2) is 0 Å². The Hall–Kier alpha value is -2.05. The highest BCUT2D eigenvalue weighted by Crippen LogP contribution is 2.37. The molecule has 7 nitrogen and oxygen atoms in total. The minimum atomic E-state index is -0.817. The third-order valence-electron chi connectivity index (χ3n) is 3.81. The molecule has 0 aromatic carbocycles. The average Bonchev–Trinajstić information content (AvgIpc) is 3.03. The highest BCUT2D eigenvalue weighted by atomic mass is 16.4. The number of hydrogen-bond donors (Lipinski definition) is 3. The van der Waals surface area contributed by atoms with Gasteiger partial charge in [0.25, 0.3) is 0 Å². The van der Waals surface area contributed by atoms with E-state index in [1.54, 1.807) is 17.9 Å². The van der Waals surface area contributed by atoms with Crippen molar-refractivity contribution in [3.05, 3.63) is 18.0 Å². The third-order valence-corrected chi connectivity index (χ3v) is 3.81. The Kier molecular flexibility index (Phi) is 4.26. The summed E-state index contributed by atoms with van der Waals surface area (Å²) in [6, 6.07) is -0.346. The predicted molar refractivity (Wildman–Crippen MR) is 72.0 cm³/mol. The summed E-state index contributed by atoms with van der Waals surface area (Å²) in [4.78, 5) is 23.0. The molecule has 0 bridgehead atoms. The van der Waals surface area contributed by atoms with Gasteiger partial charge >= 0.3 is 12.0 Å².